The Hall–Kier alpha value is -1.47. The van der Waals surface area contributed by atoms with Crippen molar-refractivity contribution in [1.29, 1.82) is 0 Å². The van der Waals surface area contributed by atoms with E-state index in [1.807, 2.05) is 79.0 Å². The highest BCUT2D eigenvalue weighted by atomic mass is 79.9. The minimum Gasteiger partial charge on any atom is -0.258 e. The van der Waals surface area contributed by atoms with E-state index in [-0.39, 0.29) is 26.2 Å². The van der Waals surface area contributed by atoms with Crippen molar-refractivity contribution < 1.29 is 4.92 Å². The summed E-state index contributed by atoms with van der Waals surface area (Å²) in [5, 5.41) is 13.5. The highest BCUT2D eigenvalue weighted by molar-refractivity contribution is 9.11. The SMILES string of the molecule is CC(C)(C)c1ccc(Br)s1.CC(C)(C)c1ccc(Cl)s1.CC(C)(C)c1ccc(Sc2ccc(Cl)cc2)s1.CC(C)(C)c1ccc([N+](=O)[O-])s1.CC(C)(C)c1cccs1. The molecule has 58 heavy (non-hydrogen) atoms. The molecule has 0 saturated heterocycles. The fourth-order valence-corrected chi connectivity index (χ4v) is 10.9. The molecule has 0 bridgehead atoms. The van der Waals surface area contributed by atoms with Gasteiger partial charge in [-0.1, -0.05) is 156 Å². The van der Waals surface area contributed by atoms with E-state index in [4.69, 9.17) is 23.2 Å². The van der Waals surface area contributed by atoms with Crippen LogP contribution in [0.2, 0.25) is 9.36 Å². The van der Waals surface area contributed by atoms with Gasteiger partial charge in [0, 0.05) is 40.4 Å². The largest absolute Gasteiger partial charge is 0.324 e. The van der Waals surface area contributed by atoms with Crippen molar-refractivity contribution in [2.75, 3.05) is 0 Å². The van der Waals surface area contributed by atoms with Crippen molar-refractivity contribution in [3.05, 3.63) is 138 Å². The maximum Gasteiger partial charge on any atom is 0.324 e. The van der Waals surface area contributed by atoms with Crippen LogP contribution in [0.3, 0.4) is 0 Å². The number of nitro groups is 1. The van der Waals surface area contributed by atoms with Gasteiger partial charge in [0.1, 0.15) is 0 Å². The topological polar surface area (TPSA) is 43.1 Å². The van der Waals surface area contributed by atoms with Crippen molar-refractivity contribution in [2.24, 2.45) is 0 Å². The van der Waals surface area contributed by atoms with Crippen LogP contribution in [-0.2, 0) is 27.1 Å². The van der Waals surface area contributed by atoms with Crippen LogP contribution in [0.15, 0.2) is 103 Å². The summed E-state index contributed by atoms with van der Waals surface area (Å²) in [7, 11) is 0. The van der Waals surface area contributed by atoms with Crippen LogP contribution in [-0.4, -0.2) is 4.92 Å². The Labute approximate surface area is 391 Å². The third kappa shape index (κ3) is 19.5. The van der Waals surface area contributed by atoms with Crippen LogP contribution in [0.1, 0.15) is 128 Å². The summed E-state index contributed by atoms with van der Waals surface area (Å²) in [6.07, 6.45) is 0. The van der Waals surface area contributed by atoms with Gasteiger partial charge in [-0.25, -0.2) is 0 Å². The Morgan fingerprint density at radius 1 is 0.534 bits per heavy atom. The van der Waals surface area contributed by atoms with Gasteiger partial charge in [-0.3, -0.25) is 10.1 Å². The highest BCUT2D eigenvalue weighted by Gasteiger charge is 2.20. The lowest BCUT2D eigenvalue weighted by molar-refractivity contribution is -0.380. The number of hydrogen-bond donors (Lipinski definition) is 0. The zero-order chi connectivity index (χ0) is 44.3. The van der Waals surface area contributed by atoms with Gasteiger partial charge in [0.25, 0.3) is 0 Å². The maximum absolute atomic E-state index is 10.4. The van der Waals surface area contributed by atoms with Crippen molar-refractivity contribution in [1.82, 2.24) is 0 Å². The van der Waals surface area contributed by atoms with Crippen molar-refractivity contribution in [2.45, 2.75) is 140 Å². The molecule has 6 aromatic rings. The smallest absolute Gasteiger partial charge is 0.258 e. The summed E-state index contributed by atoms with van der Waals surface area (Å²) >= 11 is 25.3. The number of nitrogens with zero attached hydrogens (tertiary/aromatic N) is 1. The summed E-state index contributed by atoms with van der Waals surface area (Å²) in [5.41, 5.74) is 1.14. The normalized spacial score (nSPS) is 11.8. The van der Waals surface area contributed by atoms with Crippen LogP contribution in [0.5, 0.6) is 0 Å². The average Bonchev–Trinajstić information content (AvgIpc) is 3.91. The molecular formula is C46H60BrCl2NO2S6. The van der Waals surface area contributed by atoms with E-state index in [1.54, 1.807) is 29.2 Å². The molecular weight excluding hydrogens is 942 g/mol. The molecule has 6 rings (SSSR count). The van der Waals surface area contributed by atoms with Crippen LogP contribution in [0, 0.1) is 10.1 Å². The molecule has 0 fully saturated rings. The predicted octanol–water partition coefficient (Wildman–Crippen LogP) is 19.4. The lowest BCUT2D eigenvalue weighted by Crippen LogP contribution is -2.07. The Balaban J connectivity index is 0.000000256. The Morgan fingerprint density at radius 2 is 0.983 bits per heavy atom. The molecule has 0 saturated carbocycles. The second kappa shape index (κ2) is 22.6. The van der Waals surface area contributed by atoms with Crippen molar-refractivity contribution >= 4 is 113 Å². The summed E-state index contributed by atoms with van der Waals surface area (Å²) in [6.45, 7) is 32.8. The standard InChI is InChI=1S/C14H15ClS2.C8H11BrS.C8H11ClS.C8H11NO2S.C8H12S/c1-14(2,3)12-8-9-13(17-12)16-11-6-4-10(15)5-7-11;2*1-8(2,3)6-4-5-7(9)10-6;1-8(2,3)6-4-5-7(12-6)9(10)11;1-8(2,3)7-5-4-6-9-7/h4-9H,1-3H3;2*4-5H,1-3H3;4-5H,1-3H3;4-6H,1-3H3. The molecule has 0 spiro atoms. The van der Waals surface area contributed by atoms with Crippen LogP contribution in [0.25, 0.3) is 0 Å². The Bertz CT molecular complexity index is 2040. The minimum atomic E-state index is -0.347. The number of thiophene rings is 5. The van der Waals surface area contributed by atoms with Gasteiger partial charge in [-0.2, -0.15) is 0 Å². The molecule has 5 heterocycles. The first kappa shape index (κ1) is 52.7. The minimum absolute atomic E-state index is 0.0128. The summed E-state index contributed by atoms with van der Waals surface area (Å²) in [6, 6.07) is 28.4. The molecule has 5 aromatic heterocycles. The van der Waals surface area contributed by atoms with E-state index in [1.165, 1.54) is 43.7 Å². The molecule has 0 atom stereocenters. The van der Waals surface area contributed by atoms with Crippen molar-refractivity contribution in [3.63, 3.8) is 0 Å². The van der Waals surface area contributed by atoms with Crippen LogP contribution in [0.4, 0.5) is 5.00 Å². The van der Waals surface area contributed by atoms with Gasteiger partial charge in [-0.05, 0) is 121 Å². The van der Waals surface area contributed by atoms with E-state index in [0.717, 1.165) is 14.2 Å². The molecule has 0 aliphatic rings. The summed E-state index contributed by atoms with van der Waals surface area (Å²) < 4.78 is 3.43. The number of halogens is 3. The van der Waals surface area contributed by atoms with Gasteiger partial charge in [-0.15, -0.1) is 45.3 Å². The zero-order valence-electron chi connectivity index (χ0n) is 36.5. The van der Waals surface area contributed by atoms with Gasteiger partial charge in [0.2, 0.25) is 0 Å². The second-order valence-electron chi connectivity index (χ2n) is 18.5. The van der Waals surface area contributed by atoms with Crippen molar-refractivity contribution in [3.8, 4) is 0 Å². The molecule has 0 amide bonds. The maximum atomic E-state index is 10.4. The lowest BCUT2D eigenvalue weighted by Gasteiger charge is -2.15. The van der Waals surface area contributed by atoms with Gasteiger partial charge in [0.15, 0.2) is 0 Å². The fraction of sp³-hybridized carbons (Fsp3) is 0.435. The highest BCUT2D eigenvalue weighted by Crippen LogP contribution is 2.38. The van der Waals surface area contributed by atoms with E-state index in [2.05, 4.69) is 159 Å². The third-order valence-corrected chi connectivity index (χ3v) is 17.1. The van der Waals surface area contributed by atoms with Gasteiger partial charge in [0.05, 0.1) is 17.3 Å². The number of benzene rings is 1. The fourth-order valence-electron chi connectivity index (χ4n) is 4.37. The second-order valence-corrected chi connectivity index (χ2v) is 27.6. The van der Waals surface area contributed by atoms with Gasteiger partial charge < -0.3 is 0 Å². The summed E-state index contributed by atoms with van der Waals surface area (Å²) in [5.74, 6) is 0. The van der Waals surface area contributed by atoms with E-state index < -0.39 is 0 Å². The van der Waals surface area contributed by atoms with E-state index >= 15 is 0 Å². The number of rotatable bonds is 3. The predicted molar refractivity (Wildman–Crippen MR) is 270 cm³/mol. The molecule has 0 N–H and O–H groups in total. The quantitative estimate of drug-likeness (QED) is 0.131. The zero-order valence-corrected chi connectivity index (χ0v) is 44.5. The molecule has 0 aliphatic carbocycles. The first-order valence-electron chi connectivity index (χ1n) is 18.8. The molecule has 318 valence electrons. The van der Waals surface area contributed by atoms with Gasteiger partial charge >= 0.3 is 5.00 Å². The monoisotopic (exact) mass is 999 g/mol. The first-order chi connectivity index (χ1) is 26.5. The number of hydrogen-bond acceptors (Lipinski definition) is 8. The average molecular weight is 1000 g/mol. The van der Waals surface area contributed by atoms with E-state index in [9.17, 15) is 10.1 Å². The summed E-state index contributed by atoms with van der Waals surface area (Å²) in [4.78, 5) is 18.0. The van der Waals surface area contributed by atoms with Crippen LogP contribution >= 0.6 is 108 Å². The Kier molecular flexibility index (Phi) is 20.5. The Morgan fingerprint density at radius 3 is 1.29 bits per heavy atom. The lowest BCUT2D eigenvalue weighted by atomic mass is 9.95. The molecule has 3 nitrogen and oxygen atoms in total. The van der Waals surface area contributed by atoms with Crippen LogP contribution < -0.4 is 0 Å². The first-order valence-corrected chi connectivity index (χ1v) is 25.3. The molecule has 0 unspecified atom stereocenters. The molecule has 0 radical (unpaired) electrons. The molecule has 1 aromatic carbocycles. The molecule has 0 aliphatic heterocycles. The third-order valence-electron chi connectivity index (χ3n) is 7.75. The van der Waals surface area contributed by atoms with E-state index in [0.29, 0.717) is 10.8 Å². The molecule has 12 heteroatoms.